The van der Waals surface area contributed by atoms with Crippen molar-refractivity contribution in [2.24, 2.45) is 5.92 Å². The number of aromatic nitrogens is 1. The van der Waals surface area contributed by atoms with E-state index in [-0.39, 0.29) is 0 Å². The summed E-state index contributed by atoms with van der Waals surface area (Å²) in [5.41, 5.74) is 11.5. The van der Waals surface area contributed by atoms with Crippen molar-refractivity contribution in [2.75, 3.05) is 0 Å². The fraction of sp³-hybridized carbons (Fsp3) is 0.371. The molecule has 4 aliphatic rings. The predicted molar refractivity (Wildman–Crippen MR) is 164 cm³/mol. The zero-order chi connectivity index (χ0) is 25.7. The molecule has 2 N–H and O–H groups in total. The van der Waals surface area contributed by atoms with Gasteiger partial charge in [-0.3, -0.25) is 0 Å². The summed E-state index contributed by atoms with van der Waals surface area (Å²) >= 11 is 1.99. The Hall–Kier alpha value is -2.88. The number of hydrogen-bond donors (Lipinski definition) is 2. The van der Waals surface area contributed by atoms with Gasteiger partial charge in [0.15, 0.2) is 0 Å². The SMILES string of the molecule is CC1C=Cc2c(sc3ccc(C4C=C([C@@H]5C[C@H](C)N5)c5[nH]c6cc7c(cc6c5C4C)C=CCC7C)cc23)C1. The van der Waals surface area contributed by atoms with Gasteiger partial charge in [-0.25, -0.2) is 0 Å². The van der Waals surface area contributed by atoms with E-state index in [1.807, 2.05) is 11.3 Å². The molecule has 1 fully saturated rings. The van der Waals surface area contributed by atoms with Crippen molar-refractivity contribution >= 4 is 50.1 Å². The van der Waals surface area contributed by atoms with Crippen LogP contribution in [0.2, 0.25) is 0 Å². The van der Waals surface area contributed by atoms with Gasteiger partial charge >= 0.3 is 0 Å². The number of fused-ring (bicyclic) bond motifs is 7. The van der Waals surface area contributed by atoms with Crippen LogP contribution in [0.25, 0.3) is 38.7 Å². The Labute approximate surface area is 229 Å². The molecule has 4 aromatic rings. The van der Waals surface area contributed by atoms with Crippen LogP contribution >= 0.6 is 11.3 Å². The molecular formula is C35H36N2S. The molecule has 3 heteroatoms. The van der Waals surface area contributed by atoms with Crippen LogP contribution in [0.1, 0.15) is 96.7 Å². The predicted octanol–water partition coefficient (Wildman–Crippen LogP) is 9.14. The van der Waals surface area contributed by atoms with Crippen molar-refractivity contribution in [2.45, 2.75) is 76.8 Å². The summed E-state index contributed by atoms with van der Waals surface area (Å²) in [6.45, 7) is 9.44. The summed E-state index contributed by atoms with van der Waals surface area (Å²) in [4.78, 5) is 5.49. The fourth-order valence-corrected chi connectivity index (χ4v) is 8.92. The van der Waals surface area contributed by atoms with Gasteiger partial charge in [0.05, 0.1) is 0 Å². The number of nitrogens with one attached hydrogen (secondary N) is 2. The number of rotatable bonds is 2. The summed E-state index contributed by atoms with van der Waals surface area (Å²) in [5, 5.41) is 6.67. The lowest BCUT2D eigenvalue weighted by molar-refractivity contribution is 0.337. The van der Waals surface area contributed by atoms with Crippen molar-refractivity contribution in [3.05, 3.63) is 86.9 Å². The maximum atomic E-state index is 3.93. The van der Waals surface area contributed by atoms with Gasteiger partial charge in [-0.05, 0) is 102 Å². The van der Waals surface area contributed by atoms with E-state index in [1.165, 1.54) is 72.9 Å². The molecule has 6 atom stereocenters. The topological polar surface area (TPSA) is 27.8 Å². The second kappa shape index (κ2) is 8.31. The summed E-state index contributed by atoms with van der Waals surface area (Å²) in [7, 11) is 0. The minimum absolute atomic E-state index is 0.367. The highest BCUT2D eigenvalue weighted by Gasteiger charge is 2.37. The standard InChI is InChI=1S/C35H36N2S/c1-18-8-10-24-27-14-23(9-11-32(27)38-33(24)12-18)26-16-29(30-13-20(3)36-30)35-34(21(26)4)28-15-22-7-5-6-19(2)25(22)17-31(28)37-35/h5,7-11,14-21,26,30,36-37H,6,12-13H2,1-4H3/t18?,19?,20-,21?,26?,30-/m0/s1. The van der Waals surface area contributed by atoms with E-state index in [4.69, 9.17) is 0 Å². The van der Waals surface area contributed by atoms with E-state index in [2.05, 4.69) is 98.7 Å². The summed E-state index contributed by atoms with van der Waals surface area (Å²) in [6.07, 6.45) is 15.6. The molecule has 2 aromatic carbocycles. The molecular weight excluding hydrogens is 480 g/mol. The van der Waals surface area contributed by atoms with Crippen LogP contribution < -0.4 is 5.32 Å². The van der Waals surface area contributed by atoms with Crippen LogP contribution in [0, 0.1) is 5.92 Å². The van der Waals surface area contributed by atoms with E-state index in [0.29, 0.717) is 35.8 Å². The van der Waals surface area contributed by atoms with Gasteiger partial charge in [-0.1, -0.05) is 57.2 Å². The molecule has 192 valence electrons. The highest BCUT2D eigenvalue weighted by atomic mass is 32.1. The van der Waals surface area contributed by atoms with E-state index < -0.39 is 0 Å². The lowest BCUT2D eigenvalue weighted by atomic mass is 9.72. The fourth-order valence-electron chi connectivity index (χ4n) is 7.61. The van der Waals surface area contributed by atoms with E-state index in [9.17, 15) is 0 Å². The number of benzene rings is 2. The molecule has 0 spiro atoms. The molecule has 38 heavy (non-hydrogen) atoms. The third kappa shape index (κ3) is 3.34. The normalized spacial score (nSPS) is 29.6. The molecule has 2 aromatic heterocycles. The number of thiophene rings is 1. The van der Waals surface area contributed by atoms with Gasteiger partial charge in [-0.15, -0.1) is 11.3 Å². The Morgan fingerprint density at radius 1 is 0.974 bits per heavy atom. The Morgan fingerprint density at radius 3 is 2.68 bits per heavy atom. The van der Waals surface area contributed by atoms with Gasteiger partial charge in [-0.2, -0.15) is 0 Å². The molecule has 8 rings (SSSR count). The summed E-state index contributed by atoms with van der Waals surface area (Å²) in [6, 6.07) is 13.3. The van der Waals surface area contributed by atoms with Crippen LogP contribution in [0.5, 0.6) is 0 Å². The van der Waals surface area contributed by atoms with E-state index >= 15 is 0 Å². The van der Waals surface area contributed by atoms with Crippen LogP contribution in [0.4, 0.5) is 0 Å². The zero-order valence-corrected chi connectivity index (χ0v) is 23.6. The molecule has 0 saturated carbocycles. The molecule has 0 amide bonds. The number of allylic oxidation sites excluding steroid dienone is 3. The summed E-state index contributed by atoms with van der Waals surface area (Å²) < 4.78 is 1.43. The Bertz CT molecular complexity index is 1700. The second-order valence-electron chi connectivity index (χ2n) is 12.5. The van der Waals surface area contributed by atoms with Crippen molar-refractivity contribution in [1.29, 1.82) is 0 Å². The van der Waals surface area contributed by atoms with Gasteiger partial charge in [0.25, 0.3) is 0 Å². The second-order valence-corrected chi connectivity index (χ2v) is 13.6. The Kier molecular flexibility index (Phi) is 5.04. The van der Waals surface area contributed by atoms with Gasteiger partial charge in [0.1, 0.15) is 0 Å². The molecule has 2 nitrogen and oxygen atoms in total. The first-order valence-corrected chi connectivity index (χ1v) is 15.3. The maximum Gasteiger partial charge on any atom is 0.0472 e. The van der Waals surface area contributed by atoms with Gasteiger partial charge in [0.2, 0.25) is 0 Å². The average Bonchev–Trinajstić information content (AvgIpc) is 3.44. The Balaban J connectivity index is 1.29. The molecule has 3 heterocycles. The van der Waals surface area contributed by atoms with Crippen molar-refractivity contribution < 1.29 is 0 Å². The molecule has 1 saturated heterocycles. The summed E-state index contributed by atoms with van der Waals surface area (Å²) in [5.74, 6) is 1.99. The first-order valence-electron chi connectivity index (χ1n) is 14.5. The minimum atomic E-state index is 0.367. The smallest absolute Gasteiger partial charge is 0.0472 e. The van der Waals surface area contributed by atoms with Crippen LogP contribution in [-0.4, -0.2) is 17.1 Å². The average molecular weight is 517 g/mol. The van der Waals surface area contributed by atoms with Crippen LogP contribution in [0.15, 0.2) is 48.6 Å². The third-order valence-corrected chi connectivity index (χ3v) is 11.0. The molecule has 0 radical (unpaired) electrons. The van der Waals surface area contributed by atoms with E-state index in [0.717, 1.165) is 6.42 Å². The minimum Gasteiger partial charge on any atom is -0.355 e. The zero-order valence-electron chi connectivity index (χ0n) is 22.8. The maximum absolute atomic E-state index is 3.93. The van der Waals surface area contributed by atoms with Crippen molar-refractivity contribution in [3.8, 4) is 0 Å². The quantitative estimate of drug-likeness (QED) is 0.273. The lowest BCUT2D eigenvalue weighted by Crippen LogP contribution is -2.51. The molecule has 4 unspecified atom stereocenters. The first-order chi connectivity index (χ1) is 18.4. The lowest BCUT2D eigenvalue weighted by Gasteiger charge is -2.40. The Morgan fingerprint density at radius 2 is 1.84 bits per heavy atom. The monoisotopic (exact) mass is 516 g/mol. The molecule has 1 aliphatic heterocycles. The molecule has 3 aliphatic carbocycles. The van der Waals surface area contributed by atoms with Crippen LogP contribution in [0.3, 0.4) is 0 Å². The highest BCUT2D eigenvalue weighted by molar-refractivity contribution is 7.19. The van der Waals surface area contributed by atoms with E-state index in [1.54, 1.807) is 4.88 Å². The number of hydrogen-bond acceptors (Lipinski definition) is 2. The van der Waals surface area contributed by atoms with Crippen molar-refractivity contribution in [1.82, 2.24) is 10.3 Å². The largest absolute Gasteiger partial charge is 0.355 e. The third-order valence-electron chi connectivity index (χ3n) is 9.76. The van der Waals surface area contributed by atoms with Gasteiger partial charge < -0.3 is 10.3 Å². The van der Waals surface area contributed by atoms with Gasteiger partial charge in [0, 0.05) is 49.6 Å². The highest BCUT2D eigenvalue weighted by Crippen LogP contribution is 2.50. The molecule has 0 bridgehead atoms. The first kappa shape index (κ1) is 23.0. The number of H-pyrrole nitrogens is 1. The van der Waals surface area contributed by atoms with Crippen LogP contribution in [-0.2, 0) is 6.42 Å². The van der Waals surface area contributed by atoms with Crippen molar-refractivity contribution in [3.63, 3.8) is 0 Å². The number of aromatic amines is 1.